The monoisotopic (exact) mass is 400 g/mol. The van der Waals surface area contributed by atoms with Crippen LogP contribution in [-0.2, 0) is 22.6 Å². The summed E-state index contributed by atoms with van der Waals surface area (Å²) in [6.45, 7) is 5.93. The SMILES string of the molecule is CC[C@H](C(=O)NC(C)C)N(Cc1cccc(OC)c1)C(=O)Cc1ccc(F)cc1. The second-order valence-electron chi connectivity index (χ2n) is 7.26. The van der Waals surface area contributed by atoms with Gasteiger partial charge >= 0.3 is 0 Å². The van der Waals surface area contributed by atoms with Gasteiger partial charge in [-0.3, -0.25) is 9.59 Å². The van der Waals surface area contributed by atoms with Gasteiger partial charge in [0.15, 0.2) is 0 Å². The second kappa shape index (κ2) is 10.6. The van der Waals surface area contributed by atoms with Crippen molar-refractivity contribution >= 4 is 11.8 Å². The Hall–Kier alpha value is -2.89. The Balaban J connectivity index is 2.30. The Bertz CT molecular complexity index is 821. The molecule has 6 heteroatoms. The van der Waals surface area contributed by atoms with E-state index in [0.29, 0.717) is 17.7 Å². The smallest absolute Gasteiger partial charge is 0.243 e. The van der Waals surface area contributed by atoms with Gasteiger partial charge in [0.25, 0.3) is 0 Å². The highest BCUT2D eigenvalue weighted by Gasteiger charge is 2.29. The van der Waals surface area contributed by atoms with Crippen LogP contribution in [0.4, 0.5) is 4.39 Å². The molecule has 0 saturated carbocycles. The first kappa shape index (κ1) is 22.4. The lowest BCUT2D eigenvalue weighted by Crippen LogP contribution is -2.50. The molecule has 5 nitrogen and oxygen atoms in total. The van der Waals surface area contributed by atoms with E-state index in [1.165, 1.54) is 12.1 Å². The number of benzene rings is 2. The molecule has 0 fully saturated rings. The first-order valence-corrected chi connectivity index (χ1v) is 9.81. The van der Waals surface area contributed by atoms with E-state index in [9.17, 15) is 14.0 Å². The molecule has 0 aromatic heterocycles. The van der Waals surface area contributed by atoms with Gasteiger partial charge < -0.3 is 15.0 Å². The molecular weight excluding hydrogens is 371 g/mol. The van der Waals surface area contributed by atoms with Crippen molar-refractivity contribution in [3.05, 3.63) is 65.5 Å². The number of nitrogens with one attached hydrogen (secondary N) is 1. The van der Waals surface area contributed by atoms with E-state index in [4.69, 9.17) is 4.74 Å². The lowest BCUT2D eigenvalue weighted by Gasteiger charge is -2.31. The molecule has 2 aromatic carbocycles. The topological polar surface area (TPSA) is 58.6 Å². The third-order valence-electron chi connectivity index (χ3n) is 4.57. The van der Waals surface area contributed by atoms with Crippen LogP contribution in [0, 0.1) is 5.82 Å². The second-order valence-corrected chi connectivity index (χ2v) is 7.26. The van der Waals surface area contributed by atoms with Crippen molar-refractivity contribution in [2.45, 2.75) is 52.2 Å². The summed E-state index contributed by atoms with van der Waals surface area (Å²) in [6.07, 6.45) is 0.577. The Labute approximate surface area is 171 Å². The molecule has 0 saturated heterocycles. The van der Waals surface area contributed by atoms with Crippen LogP contribution >= 0.6 is 0 Å². The summed E-state index contributed by atoms with van der Waals surface area (Å²) in [6, 6.07) is 12.6. The van der Waals surface area contributed by atoms with Gasteiger partial charge in [0.05, 0.1) is 13.5 Å². The van der Waals surface area contributed by atoms with Crippen LogP contribution in [0.1, 0.15) is 38.3 Å². The number of carbonyl (C=O) groups is 2. The first-order valence-electron chi connectivity index (χ1n) is 9.81. The van der Waals surface area contributed by atoms with Crippen LogP contribution in [0.3, 0.4) is 0 Å². The number of rotatable bonds is 9. The number of hydrogen-bond donors (Lipinski definition) is 1. The van der Waals surface area contributed by atoms with E-state index in [1.54, 1.807) is 24.1 Å². The number of ether oxygens (including phenoxy) is 1. The first-order chi connectivity index (χ1) is 13.8. The van der Waals surface area contributed by atoms with Crippen molar-refractivity contribution in [2.75, 3.05) is 7.11 Å². The molecule has 156 valence electrons. The molecule has 2 aromatic rings. The maximum Gasteiger partial charge on any atom is 0.243 e. The normalized spacial score (nSPS) is 11.8. The van der Waals surface area contributed by atoms with E-state index in [1.807, 2.05) is 45.0 Å². The Morgan fingerprint density at radius 3 is 2.38 bits per heavy atom. The van der Waals surface area contributed by atoms with Crippen molar-refractivity contribution < 1.29 is 18.7 Å². The van der Waals surface area contributed by atoms with Crippen LogP contribution in [0.25, 0.3) is 0 Å². The third kappa shape index (κ3) is 6.59. The van der Waals surface area contributed by atoms with Crippen molar-refractivity contribution in [3.63, 3.8) is 0 Å². The van der Waals surface area contributed by atoms with Crippen LogP contribution in [0.15, 0.2) is 48.5 Å². The van der Waals surface area contributed by atoms with E-state index in [2.05, 4.69) is 5.32 Å². The maximum absolute atomic E-state index is 13.2. The summed E-state index contributed by atoms with van der Waals surface area (Å²) in [5.74, 6) is -0.0340. The number of hydrogen-bond acceptors (Lipinski definition) is 3. The zero-order valence-corrected chi connectivity index (χ0v) is 17.4. The van der Waals surface area contributed by atoms with Crippen LogP contribution in [0.5, 0.6) is 5.75 Å². The van der Waals surface area contributed by atoms with Gasteiger partial charge in [-0.1, -0.05) is 31.2 Å². The Morgan fingerprint density at radius 1 is 1.10 bits per heavy atom. The Kier molecular flexibility index (Phi) is 8.19. The molecule has 1 N–H and O–H groups in total. The predicted octanol–water partition coefficient (Wildman–Crippen LogP) is 3.71. The minimum absolute atomic E-state index is 0.0255. The van der Waals surface area contributed by atoms with Crippen molar-refractivity contribution in [1.82, 2.24) is 10.2 Å². The fourth-order valence-electron chi connectivity index (χ4n) is 3.15. The molecule has 0 bridgehead atoms. The molecule has 0 aliphatic heterocycles. The number of halogens is 1. The minimum atomic E-state index is -0.600. The molecular formula is C23H29FN2O3. The van der Waals surface area contributed by atoms with E-state index < -0.39 is 6.04 Å². The fourth-order valence-corrected chi connectivity index (χ4v) is 3.15. The lowest BCUT2D eigenvalue weighted by molar-refractivity contribution is -0.141. The zero-order chi connectivity index (χ0) is 21.4. The summed E-state index contributed by atoms with van der Waals surface area (Å²) in [5, 5.41) is 2.90. The molecule has 29 heavy (non-hydrogen) atoms. The summed E-state index contributed by atoms with van der Waals surface area (Å²) in [4.78, 5) is 27.5. The Morgan fingerprint density at radius 2 is 1.79 bits per heavy atom. The molecule has 0 aliphatic rings. The van der Waals surface area contributed by atoms with Crippen molar-refractivity contribution in [1.29, 1.82) is 0 Å². The summed E-state index contributed by atoms with van der Waals surface area (Å²) < 4.78 is 18.5. The van der Waals surface area contributed by atoms with Gasteiger partial charge in [-0.2, -0.15) is 0 Å². The highest BCUT2D eigenvalue weighted by molar-refractivity contribution is 5.88. The van der Waals surface area contributed by atoms with E-state index >= 15 is 0 Å². The largest absolute Gasteiger partial charge is 0.497 e. The highest BCUT2D eigenvalue weighted by atomic mass is 19.1. The summed E-state index contributed by atoms with van der Waals surface area (Å²) in [7, 11) is 1.58. The summed E-state index contributed by atoms with van der Waals surface area (Å²) in [5.41, 5.74) is 1.57. The van der Waals surface area contributed by atoms with Gasteiger partial charge in [-0.15, -0.1) is 0 Å². The molecule has 0 heterocycles. The maximum atomic E-state index is 13.2. The molecule has 0 radical (unpaired) electrons. The third-order valence-corrected chi connectivity index (χ3v) is 4.57. The lowest BCUT2D eigenvalue weighted by atomic mass is 10.1. The average molecular weight is 400 g/mol. The van der Waals surface area contributed by atoms with Gasteiger partial charge in [-0.05, 0) is 55.7 Å². The molecule has 1 atom stereocenters. The van der Waals surface area contributed by atoms with E-state index in [-0.39, 0.29) is 36.6 Å². The van der Waals surface area contributed by atoms with Gasteiger partial charge in [0.2, 0.25) is 11.8 Å². The van der Waals surface area contributed by atoms with Gasteiger partial charge in [-0.25, -0.2) is 4.39 Å². The van der Waals surface area contributed by atoms with Crippen LogP contribution < -0.4 is 10.1 Å². The van der Waals surface area contributed by atoms with Gasteiger partial charge in [0, 0.05) is 12.6 Å². The average Bonchev–Trinajstić information content (AvgIpc) is 2.69. The zero-order valence-electron chi connectivity index (χ0n) is 17.4. The molecule has 0 unspecified atom stereocenters. The molecule has 2 rings (SSSR count). The highest BCUT2D eigenvalue weighted by Crippen LogP contribution is 2.18. The quantitative estimate of drug-likeness (QED) is 0.698. The standard InChI is InChI=1S/C23H29FN2O3/c1-5-21(23(28)25-16(2)3)26(15-18-7-6-8-20(13-18)29-4)22(27)14-17-9-11-19(24)12-10-17/h6-13,16,21H,5,14-15H2,1-4H3,(H,25,28)/t21-/m1/s1. The minimum Gasteiger partial charge on any atom is -0.497 e. The molecule has 0 aliphatic carbocycles. The number of methoxy groups -OCH3 is 1. The van der Waals surface area contributed by atoms with Gasteiger partial charge in [0.1, 0.15) is 17.6 Å². The molecule has 2 amide bonds. The predicted molar refractivity (Wildman–Crippen MR) is 111 cm³/mol. The number of carbonyl (C=O) groups excluding carboxylic acids is 2. The van der Waals surface area contributed by atoms with Crippen LogP contribution in [-0.4, -0.2) is 35.9 Å². The fraction of sp³-hybridized carbons (Fsp3) is 0.391. The van der Waals surface area contributed by atoms with Crippen LogP contribution in [0.2, 0.25) is 0 Å². The van der Waals surface area contributed by atoms with Crippen molar-refractivity contribution in [3.8, 4) is 5.75 Å². The van der Waals surface area contributed by atoms with E-state index in [0.717, 1.165) is 5.56 Å². The molecule has 0 spiro atoms. The number of amides is 2. The van der Waals surface area contributed by atoms with Crippen molar-refractivity contribution in [2.24, 2.45) is 0 Å². The summed E-state index contributed by atoms with van der Waals surface area (Å²) >= 11 is 0. The number of nitrogens with zero attached hydrogens (tertiary/aromatic N) is 1.